The van der Waals surface area contributed by atoms with E-state index in [0.717, 1.165) is 16.7 Å². The van der Waals surface area contributed by atoms with Crippen LogP contribution in [-0.2, 0) is 12.0 Å². The Labute approximate surface area is 215 Å². The van der Waals surface area contributed by atoms with E-state index in [-0.39, 0.29) is 0 Å². The van der Waals surface area contributed by atoms with Crippen molar-refractivity contribution in [3.8, 4) is 51.7 Å². The SMILES string of the molecule is COc1cc(OC)c2c(c1)O[C@]1(C2)c2c(OC)cc(OC)cc2O[C@@H]1c1cc(OC)c(OC)c(OC)c1. The minimum Gasteiger partial charge on any atom is -0.496 e. The van der Waals surface area contributed by atoms with E-state index in [9.17, 15) is 0 Å². The van der Waals surface area contributed by atoms with Gasteiger partial charge in [0, 0.05) is 41.8 Å². The molecule has 9 nitrogen and oxygen atoms in total. The molecule has 0 radical (unpaired) electrons. The second kappa shape index (κ2) is 9.38. The highest BCUT2D eigenvalue weighted by Gasteiger charge is 2.58. The predicted molar refractivity (Wildman–Crippen MR) is 135 cm³/mol. The molecule has 0 unspecified atom stereocenters. The number of fused-ring (bicyclic) bond motifs is 3. The monoisotopic (exact) mass is 510 g/mol. The van der Waals surface area contributed by atoms with Crippen molar-refractivity contribution in [2.75, 3.05) is 49.8 Å². The van der Waals surface area contributed by atoms with Crippen LogP contribution in [0.15, 0.2) is 36.4 Å². The molecule has 2 aliphatic heterocycles. The summed E-state index contributed by atoms with van der Waals surface area (Å²) in [7, 11) is 11.2. The average Bonchev–Trinajstić information content (AvgIpc) is 3.48. The normalized spacial score (nSPS) is 18.8. The van der Waals surface area contributed by atoms with Gasteiger partial charge in [-0.1, -0.05) is 0 Å². The van der Waals surface area contributed by atoms with E-state index >= 15 is 0 Å². The van der Waals surface area contributed by atoms with E-state index in [1.54, 1.807) is 49.8 Å². The zero-order chi connectivity index (χ0) is 26.3. The summed E-state index contributed by atoms with van der Waals surface area (Å²) in [6.07, 6.45) is -0.160. The van der Waals surface area contributed by atoms with Crippen LogP contribution in [0.2, 0.25) is 0 Å². The Hall–Kier alpha value is -4.14. The minimum atomic E-state index is -1.00. The fraction of sp³-hybridized carbons (Fsp3) is 0.357. The molecule has 196 valence electrons. The van der Waals surface area contributed by atoms with Gasteiger partial charge in [-0.3, -0.25) is 0 Å². The molecular formula is C28H30O9. The first-order chi connectivity index (χ1) is 18.0. The third-order valence-electron chi connectivity index (χ3n) is 6.91. The van der Waals surface area contributed by atoms with Crippen molar-refractivity contribution in [1.82, 2.24) is 0 Å². The minimum absolute atomic E-state index is 0.451. The summed E-state index contributed by atoms with van der Waals surface area (Å²) in [5.41, 5.74) is 1.44. The van der Waals surface area contributed by atoms with Crippen molar-refractivity contribution in [2.24, 2.45) is 0 Å². The number of hydrogen-bond acceptors (Lipinski definition) is 9. The molecule has 1 spiro atoms. The van der Waals surface area contributed by atoms with E-state index in [2.05, 4.69) is 0 Å². The number of benzene rings is 3. The van der Waals surface area contributed by atoms with E-state index < -0.39 is 11.7 Å². The highest BCUT2D eigenvalue weighted by Crippen LogP contribution is 2.62. The van der Waals surface area contributed by atoms with Gasteiger partial charge in [-0.05, 0) is 12.1 Å². The van der Waals surface area contributed by atoms with Crippen molar-refractivity contribution in [1.29, 1.82) is 0 Å². The number of ether oxygens (including phenoxy) is 9. The highest BCUT2D eigenvalue weighted by molar-refractivity contribution is 5.64. The molecule has 9 heteroatoms. The summed E-state index contributed by atoms with van der Waals surface area (Å²) in [5, 5.41) is 0. The van der Waals surface area contributed by atoms with Crippen LogP contribution in [0, 0.1) is 0 Å². The van der Waals surface area contributed by atoms with Gasteiger partial charge in [-0.25, -0.2) is 0 Å². The van der Waals surface area contributed by atoms with E-state index in [1.807, 2.05) is 36.4 Å². The Morgan fingerprint density at radius 3 is 1.73 bits per heavy atom. The topological polar surface area (TPSA) is 83.1 Å². The molecule has 0 aliphatic carbocycles. The molecule has 0 bridgehead atoms. The Morgan fingerprint density at radius 2 is 1.19 bits per heavy atom. The molecule has 3 aromatic rings. The summed E-state index contributed by atoms with van der Waals surface area (Å²) < 4.78 is 52.8. The van der Waals surface area contributed by atoms with Gasteiger partial charge in [0.1, 0.15) is 34.5 Å². The van der Waals surface area contributed by atoms with Gasteiger partial charge in [0.15, 0.2) is 23.2 Å². The van der Waals surface area contributed by atoms with Crippen molar-refractivity contribution in [3.63, 3.8) is 0 Å². The lowest BCUT2D eigenvalue weighted by molar-refractivity contribution is -0.00232. The van der Waals surface area contributed by atoms with Gasteiger partial charge in [0.05, 0.1) is 55.3 Å². The van der Waals surface area contributed by atoms with Crippen LogP contribution in [0.5, 0.6) is 51.7 Å². The molecule has 2 atom stereocenters. The van der Waals surface area contributed by atoms with Crippen LogP contribution in [0.1, 0.15) is 22.8 Å². The third kappa shape index (κ3) is 3.68. The molecule has 3 aromatic carbocycles. The molecular weight excluding hydrogens is 480 g/mol. The molecule has 0 saturated carbocycles. The molecule has 0 saturated heterocycles. The number of methoxy groups -OCH3 is 7. The first kappa shape index (κ1) is 24.5. The quantitative estimate of drug-likeness (QED) is 0.428. The van der Waals surface area contributed by atoms with Crippen LogP contribution in [-0.4, -0.2) is 49.8 Å². The maximum Gasteiger partial charge on any atom is 0.203 e. The lowest BCUT2D eigenvalue weighted by Gasteiger charge is -2.31. The molecule has 2 heterocycles. The Kier molecular flexibility index (Phi) is 6.23. The standard InChI is InChI=1S/C28H30O9/c1-29-16-10-19(31-3)18-14-28(37-20(18)11-16)25-21(32-4)12-17(30-2)13-22(25)36-27(28)15-8-23(33-5)26(35-7)24(9-15)34-6/h8-13,27H,14H2,1-7H3/t27-,28-/m1/s1. The van der Waals surface area contributed by atoms with E-state index in [1.165, 1.54) is 0 Å². The van der Waals surface area contributed by atoms with Crippen LogP contribution in [0.3, 0.4) is 0 Å². The van der Waals surface area contributed by atoms with Crippen LogP contribution < -0.4 is 42.6 Å². The molecule has 0 amide bonds. The Balaban J connectivity index is 1.75. The molecule has 0 aromatic heterocycles. The summed E-state index contributed by atoms with van der Waals surface area (Å²) in [6, 6.07) is 11.1. The smallest absolute Gasteiger partial charge is 0.203 e. The largest absolute Gasteiger partial charge is 0.496 e. The summed E-state index contributed by atoms with van der Waals surface area (Å²) in [6.45, 7) is 0. The molecule has 0 fully saturated rings. The zero-order valence-corrected chi connectivity index (χ0v) is 21.9. The van der Waals surface area contributed by atoms with Crippen molar-refractivity contribution in [3.05, 3.63) is 53.1 Å². The number of rotatable bonds is 8. The van der Waals surface area contributed by atoms with Crippen LogP contribution >= 0.6 is 0 Å². The highest BCUT2D eigenvalue weighted by atomic mass is 16.6. The van der Waals surface area contributed by atoms with Gasteiger partial charge in [0.2, 0.25) is 5.75 Å². The lowest BCUT2D eigenvalue weighted by Crippen LogP contribution is -2.36. The lowest BCUT2D eigenvalue weighted by atomic mass is 9.82. The van der Waals surface area contributed by atoms with Crippen LogP contribution in [0.25, 0.3) is 0 Å². The van der Waals surface area contributed by atoms with Gasteiger partial charge < -0.3 is 42.6 Å². The Bertz CT molecular complexity index is 1310. The first-order valence-electron chi connectivity index (χ1n) is 11.6. The Morgan fingerprint density at radius 1 is 0.622 bits per heavy atom. The van der Waals surface area contributed by atoms with Crippen molar-refractivity contribution >= 4 is 0 Å². The second-order valence-corrected chi connectivity index (χ2v) is 8.63. The fourth-order valence-corrected chi connectivity index (χ4v) is 5.24. The molecule has 2 aliphatic rings. The van der Waals surface area contributed by atoms with Crippen LogP contribution in [0.4, 0.5) is 0 Å². The molecule has 0 N–H and O–H groups in total. The maximum absolute atomic E-state index is 6.83. The van der Waals surface area contributed by atoms with Gasteiger partial charge in [0.25, 0.3) is 0 Å². The first-order valence-corrected chi connectivity index (χ1v) is 11.6. The van der Waals surface area contributed by atoms with Gasteiger partial charge in [-0.15, -0.1) is 0 Å². The third-order valence-corrected chi connectivity index (χ3v) is 6.91. The molecule has 37 heavy (non-hydrogen) atoms. The van der Waals surface area contributed by atoms with Gasteiger partial charge >= 0.3 is 0 Å². The van der Waals surface area contributed by atoms with Crippen molar-refractivity contribution in [2.45, 2.75) is 18.1 Å². The van der Waals surface area contributed by atoms with E-state index in [0.29, 0.717) is 58.2 Å². The number of hydrogen-bond donors (Lipinski definition) is 0. The molecule has 5 rings (SSSR count). The van der Waals surface area contributed by atoms with E-state index in [4.69, 9.17) is 42.6 Å². The predicted octanol–water partition coefficient (Wildman–Crippen LogP) is 4.71. The van der Waals surface area contributed by atoms with Gasteiger partial charge in [-0.2, -0.15) is 0 Å². The average molecular weight is 511 g/mol. The second-order valence-electron chi connectivity index (χ2n) is 8.63. The summed E-state index contributed by atoms with van der Waals surface area (Å²) in [4.78, 5) is 0. The van der Waals surface area contributed by atoms with Crippen molar-refractivity contribution < 1.29 is 42.6 Å². The summed E-state index contributed by atoms with van der Waals surface area (Å²) in [5.74, 6) is 5.20. The summed E-state index contributed by atoms with van der Waals surface area (Å²) >= 11 is 0. The maximum atomic E-state index is 6.83. The fourth-order valence-electron chi connectivity index (χ4n) is 5.24. The zero-order valence-electron chi connectivity index (χ0n) is 21.9.